The Morgan fingerprint density at radius 3 is 2.55 bits per heavy atom. The summed E-state index contributed by atoms with van der Waals surface area (Å²) in [5, 5.41) is 3.40. The maximum atomic E-state index is 12.3. The van der Waals surface area contributed by atoms with E-state index in [0.717, 1.165) is 24.9 Å². The van der Waals surface area contributed by atoms with Crippen LogP contribution < -0.4 is 10.0 Å². The summed E-state index contributed by atoms with van der Waals surface area (Å²) in [4.78, 5) is 0.361. The minimum Gasteiger partial charge on any atom is -0.310 e. The molecule has 112 valence electrons. The summed E-state index contributed by atoms with van der Waals surface area (Å²) in [5.74, 6) is 0. The number of rotatable bonds is 8. The number of hydrogen-bond donors (Lipinski definition) is 2. The van der Waals surface area contributed by atoms with E-state index in [0.29, 0.717) is 10.9 Å². The van der Waals surface area contributed by atoms with E-state index in [4.69, 9.17) is 0 Å². The molecular formula is C15H24N2O2S. The highest BCUT2D eigenvalue weighted by molar-refractivity contribution is 7.89. The fourth-order valence-corrected chi connectivity index (χ4v) is 3.59. The third kappa shape index (κ3) is 4.30. The molecule has 4 nitrogen and oxygen atoms in total. The third-order valence-electron chi connectivity index (χ3n) is 3.69. The largest absolute Gasteiger partial charge is 0.310 e. The molecule has 0 bridgehead atoms. The van der Waals surface area contributed by atoms with Crippen molar-refractivity contribution in [2.24, 2.45) is 0 Å². The minimum absolute atomic E-state index is 0.00763. The third-order valence-corrected chi connectivity index (χ3v) is 5.21. The summed E-state index contributed by atoms with van der Waals surface area (Å²) in [6, 6.07) is 7.83. The van der Waals surface area contributed by atoms with Crippen LogP contribution in [0.4, 0.5) is 0 Å². The summed E-state index contributed by atoms with van der Waals surface area (Å²) in [6.07, 6.45) is 4.07. The van der Waals surface area contributed by atoms with Crippen LogP contribution in [0.1, 0.15) is 45.1 Å². The fourth-order valence-electron chi connectivity index (χ4n) is 2.12. The lowest BCUT2D eigenvalue weighted by Crippen LogP contribution is -2.33. The van der Waals surface area contributed by atoms with E-state index in [-0.39, 0.29) is 6.04 Å². The van der Waals surface area contributed by atoms with Crippen LogP contribution in [0.3, 0.4) is 0 Å². The molecule has 2 rings (SSSR count). The summed E-state index contributed by atoms with van der Waals surface area (Å²) < 4.78 is 27.4. The normalized spacial score (nSPS) is 15.8. The Kier molecular flexibility index (Phi) is 5.18. The Hall–Kier alpha value is -0.910. The molecule has 0 saturated heterocycles. The molecule has 1 aromatic rings. The molecule has 1 aliphatic carbocycles. The maximum absolute atomic E-state index is 12.3. The van der Waals surface area contributed by atoms with Gasteiger partial charge >= 0.3 is 0 Å². The smallest absolute Gasteiger partial charge is 0.240 e. The predicted molar refractivity (Wildman–Crippen MR) is 81.0 cm³/mol. The topological polar surface area (TPSA) is 58.2 Å². The predicted octanol–water partition coefficient (Wildman–Crippen LogP) is 2.41. The van der Waals surface area contributed by atoms with Crippen LogP contribution in [0.5, 0.6) is 0 Å². The van der Waals surface area contributed by atoms with Crippen molar-refractivity contribution in [2.45, 2.75) is 63.1 Å². The van der Waals surface area contributed by atoms with E-state index in [2.05, 4.69) is 10.0 Å². The van der Waals surface area contributed by atoms with Crippen LogP contribution in [0, 0.1) is 0 Å². The number of sulfonamides is 1. The van der Waals surface area contributed by atoms with E-state index in [1.807, 2.05) is 26.0 Å². The van der Waals surface area contributed by atoms with Gasteiger partial charge < -0.3 is 5.32 Å². The van der Waals surface area contributed by atoms with E-state index in [1.54, 1.807) is 12.1 Å². The molecule has 20 heavy (non-hydrogen) atoms. The highest BCUT2D eigenvalue weighted by Crippen LogP contribution is 2.20. The zero-order valence-electron chi connectivity index (χ0n) is 12.2. The van der Waals surface area contributed by atoms with Crippen molar-refractivity contribution >= 4 is 10.0 Å². The fraction of sp³-hybridized carbons (Fsp3) is 0.600. The molecule has 1 fully saturated rings. The highest BCUT2D eigenvalue weighted by Gasteiger charge is 2.21. The first-order chi connectivity index (χ1) is 9.55. The van der Waals surface area contributed by atoms with E-state index < -0.39 is 10.0 Å². The molecule has 2 N–H and O–H groups in total. The van der Waals surface area contributed by atoms with Gasteiger partial charge in [0.05, 0.1) is 4.90 Å². The molecule has 0 radical (unpaired) electrons. The van der Waals surface area contributed by atoms with Gasteiger partial charge in [-0.05, 0) is 43.4 Å². The molecule has 0 unspecified atom stereocenters. The molecule has 0 amide bonds. The van der Waals surface area contributed by atoms with Gasteiger partial charge in [0.15, 0.2) is 0 Å². The zero-order chi connectivity index (χ0) is 14.6. The van der Waals surface area contributed by atoms with Gasteiger partial charge in [-0.2, -0.15) is 0 Å². The molecule has 0 aromatic heterocycles. The van der Waals surface area contributed by atoms with E-state index in [9.17, 15) is 8.42 Å². The summed E-state index contributed by atoms with van der Waals surface area (Å²) in [5.41, 5.74) is 1.02. The highest BCUT2D eigenvalue weighted by atomic mass is 32.2. The van der Waals surface area contributed by atoms with Gasteiger partial charge in [0, 0.05) is 18.6 Å². The quantitative estimate of drug-likeness (QED) is 0.774. The second kappa shape index (κ2) is 6.70. The van der Waals surface area contributed by atoms with Crippen LogP contribution in [0.2, 0.25) is 0 Å². The molecule has 0 heterocycles. The first-order valence-corrected chi connectivity index (χ1v) is 8.88. The SMILES string of the molecule is CCC(CC)NS(=O)(=O)c1cccc(CNC2CC2)c1. The van der Waals surface area contributed by atoms with Crippen molar-refractivity contribution in [1.82, 2.24) is 10.0 Å². The van der Waals surface area contributed by atoms with Gasteiger partial charge in [0.1, 0.15) is 0 Å². The Morgan fingerprint density at radius 2 is 1.95 bits per heavy atom. The van der Waals surface area contributed by atoms with Crippen LogP contribution in [-0.4, -0.2) is 20.5 Å². The molecule has 0 atom stereocenters. The first kappa shape index (κ1) is 15.5. The van der Waals surface area contributed by atoms with Crippen molar-refractivity contribution in [1.29, 1.82) is 0 Å². The van der Waals surface area contributed by atoms with Crippen LogP contribution in [-0.2, 0) is 16.6 Å². The Bertz CT molecular complexity index is 535. The number of benzene rings is 1. The number of hydrogen-bond acceptors (Lipinski definition) is 3. The zero-order valence-corrected chi connectivity index (χ0v) is 13.0. The van der Waals surface area contributed by atoms with Crippen molar-refractivity contribution in [3.63, 3.8) is 0 Å². The van der Waals surface area contributed by atoms with Crippen molar-refractivity contribution in [2.75, 3.05) is 0 Å². The lowest BCUT2D eigenvalue weighted by Gasteiger charge is -2.15. The summed E-state index contributed by atoms with van der Waals surface area (Å²) in [7, 11) is -3.41. The van der Waals surface area contributed by atoms with Gasteiger partial charge in [-0.1, -0.05) is 26.0 Å². The average molecular weight is 296 g/mol. The summed E-state index contributed by atoms with van der Waals surface area (Å²) in [6.45, 7) is 4.72. The van der Waals surface area contributed by atoms with Crippen molar-refractivity contribution in [3.8, 4) is 0 Å². The molecule has 1 aromatic carbocycles. The van der Waals surface area contributed by atoms with Crippen LogP contribution in [0.15, 0.2) is 29.2 Å². The van der Waals surface area contributed by atoms with Crippen molar-refractivity contribution in [3.05, 3.63) is 29.8 Å². The Labute approximate surface area is 122 Å². The second-order valence-electron chi connectivity index (χ2n) is 5.44. The van der Waals surface area contributed by atoms with Crippen molar-refractivity contribution < 1.29 is 8.42 Å². The molecule has 1 saturated carbocycles. The van der Waals surface area contributed by atoms with Gasteiger partial charge in [-0.15, -0.1) is 0 Å². The molecule has 0 aliphatic heterocycles. The summed E-state index contributed by atoms with van der Waals surface area (Å²) >= 11 is 0. The van der Waals surface area contributed by atoms with Gasteiger partial charge in [0.2, 0.25) is 10.0 Å². The molecular weight excluding hydrogens is 272 g/mol. The minimum atomic E-state index is -3.41. The maximum Gasteiger partial charge on any atom is 0.240 e. The molecule has 5 heteroatoms. The van der Waals surface area contributed by atoms with Crippen LogP contribution in [0.25, 0.3) is 0 Å². The monoisotopic (exact) mass is 296 g/mol. The van der Waals surface area contributed by atoms with Gasteiger partial charge in [-0.25, -0.2) is 13.1 Å². The van der Waals surface area contributed by atoms with E-state index in [1.165, 1.54) is 12.8 Å². The Morgan fingerprint density at radius 1 is 1.25 bits per heavy atom. The lowest BCUT2D eigenvalue weighted by atomic mass is 10.2. The van der Waals surface area contributed by atoms with Gasteiger partial charge in [0.25, 0.3) is 0 Å². The molecule has 1 aliphatic rings. The molecule has 0 spiro atoms. The van der Waals surface area contributed by atoms with E-state index >= 15 is 0 Å². The Balaban J connectivity index is 2.07. The van der Waals surface area contributed by atoms with Crippen LogP contribution >= 0.6 is 0 Å². The first-order valence-electron chi connectivity index (χ1n) is 7.39. The van der Waals surface area contributed by atoms with Gasteiger partial charge in [-0.3, -0.25) is 0 Å². The average Bonchev–Trinajstić information content (AvgIpc) is 3.27. The second-order valence-corrected chi connectivity index (χ2v) is 7.15. The lowest BCUT2D eigenvalue weighted by molar-refractivity contribution is 0.530. The standard InChI is InChI=1S/C15H24N2O2S/c1-3-13(4-2)17-20(18,19)15-7-5-6-12(10-15)11-16-14-8-9-14/h5-7,10,13-14,16-17H,3-4,8-9,11H2,1-2H3. The number of nitrogens with one attached hydrogen (secondary N) is 2.